The Morgan fingerprint density at radius 3 is 2.28 bits per heavy atom. The van der Waals surface area contributed by atoms with Gasteiger partial charge in [0.15, 0.2) is 0 Å². The third-order valence-electron chi connectivity index (χ3n) is 5.79. The van der Waals surface area contributed by atoms with Crippen LogP contribution in [0.5, 0.6) is 0 Å². The molecule has 3 aromatic rings. The standard InChI is InChI=1S/C29H32Cl2N2O2S/c1-3-15-32-29(35)27(17-22-10-5-4-6-11-22)33(18-23-12-7-9-21(2)16-23)28(34)20-36-19-24-25(30)13-8-14-26(24)31/h4-14,16,27H,3,15,17-20H2,1-2H3,(H,32,35)/t27-/m1/s1. The topological polar surface area (TPSA) is 49.4 Å². The lowest BCUT2D eigenvalue weighted by atomic mass is 10.0. The summed E-state index contributed by atoms with van der Waals surface area (Å²) in [5.41, 5.74) is 3.92. The Labute approximate surface area is 228 Å². The largest absolute Gasteiger partial charge is 0.354 e. The van der Waals surface area contributed by atoms with Crippen molar-refractivity contribution in [3.63, 3.8) is 0 Å². The number of aryl methyl sites for hydroxylation is 1. The van der Waals surface area contributed by atoms with Crippen LogP contribution in [0.2, 0.25) is 10.0 Å². The van der Waals surface area contributed by atoms with Crippen LogP contribution in [-0.4, -0.2) is 35.1 Å². The number of thioether (sulfide) groups is 1. The number of amides is 2. The molecule has 3 aromatic carbocycles. The molecule has 0 fully saturated rings. The van der Waals surface area contributed by atoms with Crippen molar-refractivity contribution >= 4 is 46.8 Å². The van der Waals surface area contributed by atoms with Gasteiger partial charge in [-0.2, -0.15) is 0 Å². The van der Waals surface area contributed by atoms with Crippen molar-refractivity contribution in [1.82, 2.24) is 10.2 Å². The summed E-state index contributed by atoms with van der Waals surface area (Å²) in [7, 11) is 0. The zero-order valence-electron chi connectivity index (χ0n) is 20.7. The van der Waals surface area contributed by atoms with E-state index in [2.05, 4.69) is 11.4 Å². The number of nitrogens with one attached hydrogen (secondary N) is 1. The van der Waals surface area contributed by atoms with E-state index in [0.29, 0.717) is 35.3 Å². The van der Waals surface area contributed by atoms with Gasteiger partial charge in [0, 0.05) is 35.3 Å². The summed E-state index contributed by atoms with van der Waals surface area (Å²) in [5, 5.41) is 4.17. The normalized spacial score (nSPS) is 11.7. The van der Waals surface area contributed by atoms with E-state index < -0.39 is 6.04 Å². The smallest absolute Gasteiger partial charge is 0.243 e. The maximum absolute atomic E-state index is 13.7. The summed E-state index contributed by atoms with van der Waals surface area (Å²) in [6, 6.07) is 22.6. The number of nitrogens with zero attached hydrogens (tertiary/aromatic N) is 1. The zero-order chi connectivity index (χ0) is 25.9. The number of hydrogen-bond donors (Lipinski definition) is 1. The minimum absolute atomic E-state index is 0.0998. The molecule has 2 amide bonds. The van der Waals surface area contributed by atoms with Crippen LogP contribution in [0.25, 0.3) is 0 Å². The molecule has 1 N–H and O–H groups in total. The Bertz CT molecular complexity index is 1140. The Kier molecular flexibility index (Phi) is 11.2. The Morgan fingerprint density at radius 1 is 0.944 bits per heavy atom. The van der Waals surface area contributed by atoms with Gasteiger partial charge in [0.1, 0.15) is 6.04 Å². The number of hydrogen-bond acceptors (Lipinski definition) is 3. The van der Waals surface area contributed by atoms with Gasteiger partial charge in [-0.05, 0) is 42.2 Å². The van der Waals surface area contributed by atoms with Crippen molar-refractivity contribution in [3.8, 4) is 0 Å². The fourth-order valence-corrected chi connectivity index (χ4v) is 5.57. The quantitative estimate of drug-likeness (QED) is 0.277. The first-order chi connectivity index (χ1) is 17.4. The van der Waals surface area contributed by atoms with Crippen LogP contribution in [0.3, 0.4) is 0 Å². The summed E-state index contributed by atoms with van der Waals surface area (Å²) in [6.45, 7) is 4.95. The number of carbonyl (C=O) groups is 2. The van der Waals surface area contributed by atoms with E-state index in [1.807, 2.05) is 62.4 Å². The highest BCUT2D eigenvalue weighted by Gasteiger charge is 2.30. The van der Waals surface area contributed by atoms with Gasteiger partial charge in [-0.25, -0.2) is 0 Å². The molecule has 7 heteroatoms. The van der Waals surface area contributed by atoms with Gasteiger partial charge in [0.25, 0.3) is 0 Å². The number of benzene rings is 3. The SMILES string of the molecule is CCCNC(=O)[C@@H](Cc1ccccc1)N(Cc1cccc(C)c1)C(=O)CSCc1c(Cl)cccc1Cl. The van der Waals surface area contributed by atoms with Gasteiger partial charge in [0.05, 0.1) is 5.75 Å². The molecule has 0 saturated carbocycles. The van der Waals surface area contributed by atoms with Gasteiger partial charge in [-0.3, -0.25) is 9.59 Å². The van der Waals surface area contributed by atoms with Gasteiger partial charge in [0.2, 0.25) is 11.8 Å². The summed E-state index contributed by atoms with van der Waals surface area (Å²) >= 11 is 14.1. The zero-order valence-corrected chi connectivity index (χ0v) is 23.0. The van der Waals surface area contributed by atoms with Crippen LogP contribution in [-0.2, 0) is 28.3 Å². The lowest BCUT2D eigenvalue weighted by molar-refractivity contribution is -0.139. The average Bonchev–Trinajstić information content (AvgIpc) is 2.87. The van der Waals surface area contributed by atoms with Crippen LogP contribution in [0, 0.1) is 6.92 Å². The molecule has 190 valence electrons. The number of carbonyl (C=O) groups excluding carboxylic acids is 2. The molecule has 0 aromatic heterocycles. The molecule has 0 spiro atoms. The summed E-state index contributed by atoms with van der Waals surface area (Å²) in [5.74, 6) is 0.478. The molecule has 0 saturated heterocycles. The molecule has 4 nitrogen and oxygen atoms in total. The van der Waals surface area contributed by atoms with Crippen molar-refractivity contribution in [2.45, 2.75) is 45.0 Å². The molecular formula is C29H32Cl2N2O2S. The Hall–Kier alpha value is -2.47. The maximum Gasteiger partial charge on any atom is 0.243 e. The molecule has 0 radical (unpaired) electrons. The van der Waals surface area contributed by atoms with E-state index in [9.17, 15) is 9.59 Å². The minimum Gasteiger partial charge on any atom is -0.354 e. The molecule has 36 heavy (non-hydrogen) atoms. The molecule has 0 aliphatic heterocycles. The molecule has 1 atom stereocenters. The van der Waals surface area contributed by atoms with Gasteiger partial charge < -0.3 is 10.2 Å². The highest BCUT2D eigenvalue weighted by atomic mass is 35.5. The van der Waals surface area contributed by atoms with Gasteiger partial charge >= 0.3 is 0 Å². The molecule has 3 rings (SSSR count). The third-order valence-corrected chi connectivity index (χ3v) is 7.44. The summed E-state index contributed by atoms with van der Waals surface area (Å²) in [4.78, 5) is 28.7. The van der Waals surface area contributed by atoms with Gasteiger partial charge in [-0.1, -0.05) is 96.4 Å². The molecule has 0 unspecified atom stereocenters. The molecule has 0 heterocycles. The highest BCUT2D eigenvalue weighted by Crippen LogP contribution is 2.28. The lowest BCUT2D eigenvalue weighted by Gasteiger charge is -2.31. The van der Waals surface area contributed by atoms with Crippen LogP contribution in [0.15, 0.2) is 72.8 Å². The van der Waals surface area contributed by atoms with Crippen LogP contribution in [0.1, 0.15) is 35.6 Å². The maximum atomic E-state index is 13.7. The molecule has 0 bridgehead atoms. The number of halogens is 2. The van der Waals surface area contributed by atoms with Crippen molar-refractivity contribution in [1.29, 1.82) is 0 Å². The van der Waals surface area contributed by atoms with Crippen molar-refractivity contribution in [3.05, 3.63) is 105 Å². The molecule has 0 aliphatic rings. The van der Waals surface area contributed by atoms with Crippen LogP contribution < -0.4 is 5.32 Å². The second kappa shape index (κ2) is 14.3. The Balaban J connectivity index is 1.85. The predicted octanol–water partition coefficient (Wildman–Crippen LogP) is 6.70. The van der Waals surface area contributed by atoms with Crippen molar-refractivity contribution in [2.24, 2.45) is 0 Å². The van der Waals surface area contributed by atoms with Crippen LogP contribution in [0.4, 0.5) is 0 Å². The van der Waals surface area contributed by atoms with Crippen molar-refractivity contribution in [2.75, 3.05) is 12.3 Å². The second-order valence-electron chi connectivity index (χ2n) is 8.70. The minimum atomic E-state index is -0.628. The van der Waals surface area contributed by atoms with E-state index in [-0.39, 0.29) is 17.6 Å². The van der Waals surface area contributed by atoms with E-state index in [0.717, 1.165) is 28.7 Å². The summed E-state index contributed by atoms with van der Waals surface area (Å²) < 4.78 is 0. The second-order valence-corrected chi connectivity index (χ2v) is 10.5. The fourth-order valence-electron chi connectivity index (χ4n) is 3.92. The highest BCUT2D eigenvalue weighted by molar-refractivity contribution is 7.99. The monoisotopic (exact) mass is 542 g/mol. The molecular weight excluding hydrogens is 511 g/mol. The first-order valence-electron chi connectivity index (χ1n) is 12.1. The predicted molar refractivity (Wildman–Crippen MR) is 152 cm³/mol. The van der Waals surface area contributed by atoms with Crippen molar-refractivity contribution < 1.29 is 9.59 Å². The van der Waals surface area contributed by atoms with E-state index in [1.54, 1.807) is 23.1 Å². The summed E-state index contributed by atoms with van der Waals surface area (Å²) in [6.07, 6.45) is 1.26. The third kappa shape index (κ3) is 8.29. The Morgan fingerprint density at radius 2 is 1.61 bits per heavy atom. The lowest BCUT2D eigenvalue weighted by Crippen LogP contribution is -2.51. The first-order valence-corrected chi connectivity index (χ1v) is 14.0. The van der Waals surface area contributed by atoms with E-state index in [4.69, 9.17) is 23.2 Å². The van der Waals surface area contributed by atoms with Gasteiger partial charge in [-0.15, -0.1) is 11.8 Å². The first kappa shape index (κ1) is 28.1. The number of rotatable bonds is 12. The van der Waals surface area contributed by atoms with Crippen LogP contribution >= 0.6 is 35.0 Å². The molecule has 0 aliphatic carbocycles. The average molecular weight is 544 g/mol. The van der Waals surface area contributed by atoms with E-state index in [1.165, 1.54) is 11.8 Å². The van der Waals surface area contributed by atoms with E-state index >= 15 is 0 Å². The fraction of sp³-hybridized carbons (Fsp3) is 0.310.